The average Bonchev–Trinajstić information content (AvgIpc) is 2.85. The zero-order valence-corrected chi connectivity index (χ0v) is 13.1. The van der Waals surface area contributed by atoms with E-state index in [9.17, 15) is 23.2 Å². The van der Waals surface area contributed by atoms with Crippen LogP contribution in [0.5, 0.6) is 5.75 Å². The number of nitrogens with zero attached hydrogens (tertiary/aromatic N) is 1. The lowest BCUT2D eigenvalue weighted by molar-refractivity contribution is -0.131. The largest absolute Gasteiger partial charge is 0.465 e. The van der Waals surface area contributed by atoms with E-state index in [2.05, 4.69) is 4.74 Å². The first-order valence-corrected chi connectivity index (χ1v) is 6.74. The van der Waals surface area contributed by atoms with E-state index in [4.69, 9.17) is 4.74 Å². The first-order valence-electron chi connectivity index (χ1n) is 6.74. The topological polar surface area (TPSA) is 74.6 Å². The lowest BCUT2D eigenvalue weighted by Crippen LogP contribution is -2.09. The van der Waals surface area contributed by atoms with E-state index in [-0.39, 0.29) is 22.6 Å². The number of carbonyl (C=O) groups excluding carboxylic acids is 3. The van der Waals surface area contributed by atoms with Crippen LogP contribution in [-0.4, -0.2) is 29.5 Å². The number of ether oxygens (including phenoxy) is 2. The van der Waals surface area contributed by atoms with Gasteiger partial charge in [0.1, 0.15) is 22.9 Å². The number of methoxy groups -OCH3 is 1. The zero-order chi connectivity index (χ0) is 18.0. The van der Waals surface area contributed by atoms with Crippen molar-refractivity contribution in [2.24, 2.45) is 0 Å². The number of hydrogen-bond acceptors (Lipinski definition) is 5. The van der Waals surface area contributed by atoms with Gasteiger partial charge in [0.05, 0.1) is 7.11 Å². The zero-order valence-electron chi connectivity index (χ0n) is 13.1. The molecule has 0 aliphatic rings. The molecule has 2 aromatic rings. The summed E-state index contributed by atoms with van der Waals surface area (Å²) in [5.41, 5.74) is -0.629. The van der Waals surface area contributed by atoms with Gasteiger partial charge in [-0.05, 0) is 12.1 Å². The van der Waals surface area contributed by atoms with E-state index >= 15 is 0 Å². The summed E-state index contributed by atoms with van der Waals surface area (Å²) >= 11 is 0. The molecule has 0 spiro atoms. The molecule has 0 saturated carbocycles. The maximum atomic E-state index is 14.2. The minimum Gasteiger partial charge on any atom is -0.465 e. The molecule has 1 aromatic carbocycles. The molecule has 6 nitrogen and oxygen atoms in total. The van der Waals surface area contributed by atoms with Gasteiger partial charge in [0.2, 0.25) is 5.91 Å². The molecule has 2 rings (SSSR count). The first kappa shape index (κ1) is 17.3. The Labute approximate surface area is 135 Å². The summed E-state index contributed by atoms with van der Waals surface area (Å²) in [6.45, 7) is 2.25. The number of esters is 2. The molecule has 126 valence electrons. The number of carbonyl (C=O) groups is 3. The number of benzene rings is 1. The predicted molar refractivity (Wildman–Crippen MR) is 78.7 cm³/mol. The summed E-state index contributed by atoms with van der Waals surface area (Å²) in [4.78, 5) is 35.1. The van der Waals surface area contributed by atoms with Crippen LogP contribution in [0.4, 0.5) is 8.78 Å². The fourth-order valence-corrected chi connectivity index (χ4v) is 2.17. The smallest absolute Gasteiger partial charge is 0.343 e. The standard InChI is InChI=1S/C16H13F2NO5/c1-8(20)19-7-12(16(22)23-3)15(24-9(2)21)14(19)11-5-4-10(17)6-13(11)18/h4-7H,1-3H3. The van der Waals surface area contributed by atoms with Gasteiger partial charge < -0.3 is 9.47 Å². The number of hydrogen-bond donors (Lipinski definition) is 0. The third-order valence-electron chi connectivity index (χ3n) is 3.14. The van der Waals surface area contributed by atoms with Gasteiger partial charge in [-0.3, -0.25) is 14.2 Å². The molecule has 0 atom stereocenters. The van der Waals surface area contributed by atoms with Crippen molar-refractivity contribution < 1.29 is 32.6 Å². The number of aromatic nitrogens is 1. The second kappa shape index (κ2) is 6.61. The predicted octanol–water partition coefficient (Wildman–Crippen LogP) is 2.81. The van der Waals surface area contributed by atoms with E-state index in [1.807, 2.05) is 0 Å². The monoisotopic (exact) mass is 337 g/mol. The minimum atomic E-state index is -0.986. The Bertz CT molecular complexity index is 841. The molecule has 24 heavy (non-hydrogen) atoms. The van der Waals surface area contributed by atoms with Crippen molar-refractivity contribution in [3.63, 3.8) is 0 Å². The van der Waals surface area contributed by atoms with Crippen molar-refractivity contribution in [1.29, 1.82) is 0 Å². The van der Waals surface area contributed by atoms with Crippen molar-refractivity contribution in [3.05, 3.63) is 41.6 Å². The van der Waals surface area contributed by atoms with Gasteiger partial charge >= 0.3 is 11.9 Å². The Morgan fingerprint density at radius 2 is 1.79 bits per heavy atom. The maximum Gasteiger partial charge on any atom is 0.343 e. The summed E-state index contributed by atoms with van der Waals surface area (Å²) < 4.78 is 37.8. The average molecular weight is 337 g/mol. The van der Waals surface area contributed by atoms with Crippen LogP contribution in [0.3, 0.4) is 0 Å². The second-order valence-corrected chi connectivity index (χ2v) is 4.82. The molecule has 0 aliphatic heterocycles. The molecule has 0 amide bonds. The van der Waals surface area contributed by atoms with Gasteiger partial charge in [0, 0.05) is 31.7 Å². The summed E-state index contributed by atoms with van der Waals surface area (Å²) in [5, 5.41) is 0. The van der Waals surface area contributed by atoms with Gasteiger partial charge in [0.15, 0.2) is 5.75 Å². The van der Waals surface area contributed by atoms with Gasteiger partial charge in [0.25, 0.3) is 0 Å². The van der Waals surface area contributed by atoms with Crippen LogP contribution >= 0.6 is 0 Å². The Kier molecular flexibility index (Phi) is 4.77. The highest BCUT2D eigenvalue weighted by molar-refractivity contribution is 5.99. The van der Waals surface area contributed by atoms with E-state index < -0.39 is 29.5 Å². The van der Waals surface area contributed by atoms with E-state index in [1.165, 1.54) is 6.92 Å². The van der Waals surface area contributed by atoms with Crippen LogP contribution in [-0.2, 0) is 9.53 Å². The highest BCUT2D eigenvalue weighted by atomic mass is 19.1. The van der Waals surface area contributed by atoms with E-state index in [0.717, 1.165) is 36.9 Å². The quantitative estimate of drug-likeness (QED) is 0.805. The van der Waals surface area contributed by atoms with Crippen LogP contribution < -0.4 is 4.74 Å². The molecule has 0 unspecified atom stereocenters. The molecule has 0 bridgehead atoms. The summed E-state index contributed by atoms with van der Waals surface area (Å²) in [5.74, 6) is -4.38. The van der Waals surface area contributed by atoms with Crippen LogP contribution in [0.15, 0.2) is 24.4 Å². The Morgan fingerprint density at radius 1 is 1.12 bits per heavy atom. The molecular weight excluding hydrogens is 324 g/mol. The summed E-state index contributed by atoms with van der Waals surface area (Å²) in [7, 11) is 1.10. The van der Waals surface area contributed by atoms with Crippen LogP contribution in [0.1, 0.15) is 29.0 Å². The maximum absolute atomic E-state index is 14.2. The van der Waals surface area contributed by atoms with E-state index in [0.29, 0.717) is 6.07 Å². The fraction of sp³-hybridized carbons (Fsp3) is 0.188. The summed E-state index contributed by atoms with van der Waals surface area (Å²) in [6.07, 6.45) is 1.07. The molecular formula is C16H13F2NO5. The van der Waals surface area contributed by atoms with Crippen molar-refractivity contribution in [1.82, 2.24) is 4.57 Å². The first-order chi connectivity index (χ1) is 11.3. The molecule has 0 fully saturated rings. The third-order valence-corrected chi connectivity index (χ3v) is 3.14. The molecule has 0 aliphatic carbocycles. The lowest BCUT2D eigenvalue weighted by atomic mass is 10.1. The molecule has 0 radical (unpaired) electrons. The van der Waals surface area contributed by atoms with Crippen LogP contribution in [0, 0.1) is 11.6 Å². The third kappa shape index (κ3) is 3.17. The van der Waals surface area contributed by atoms with E-state index in [1.54, 1.807) is 0 Å². The van der Waals surface area contributed by atoms with Crippen LogP contribution in [0.25, 0.3) is 11.3 Å². The molecule has 0 N–H and O–H groups in total. The Balaban J connectivity index is 2.84. The lowest BCUT2D eigenvalue weighted by Gasteiger charge is -2.10. The van der Waals surface area contributed by atoms with Gasteiger partial charge in [-0.15, -0.1) is 0 Å². The van der Waals surface area contributed by atoms with Gasteiger partial charge in [-0.1, -0.05) is 0 Å². The van der Waals surface area contributed by atoms with Crippen molar-refractivity contribution in [3.8, 4) is 17.0 Å². The Hall–Kier alpha value is -3.03. The van der Waals surface area contributed by atoms with Crippen molar-refractivity contribution in [2.45, 2.75) is 13.8 Å². The van der Waals surface area contributed by atoms with Gasteiger partial charge in [-0.25, -0.2) is 13.6 Å². The molecule has 0 saturated heterocycles. The van der Waals surface area contributed by atoms with Crippen molar-refractivity contribution in [2.75, 3.05) is 7.11 Å². The number of rotatable bonds is 3. The second-order valence-electron chi connectivity index (χ2n) is 4.82. The van der Waals surface area contributed by atoms with Crippen molar-refractivity contribution >= 4 is 17.8 Å². The Morgan fingerprint density at radius 3 is 2.29 bits per heavy atom. The number of halogens is 2. The SMILES string of the molecule is COC(=O)c1cn(C(C)=O)c(-c2ccc(F)cc2F)c1OC(C)=O. The van der Waals surface area contributed by atoms with Crippen LogP contribution in [0.2, 0.25) is 0 Å². The minimum absolute atomic E-state index is 0.185. The highest BCUT2D eigenvalue weighted by Crippen LogP contribution is 2.37. The van der Waals surface area contributed by atoms with Gasteiger partial charge in [-0.2, -0.15) is 0 Å². The normalized spacial score (nSPS) is 10.4. The fourth-order valence-electron chi connectivity index (χ4n) is 2.17. The highest BCUT2D eigenvalue weighted by Gasteiger charge is 2.28. The molecule has 8 heteroatoms. The molecule has 1 aromatic heterocycles. The summed E-state index contributed by atoms with van der Waals surface area (Å²) in [6, 6.07) is 2.67. The molecule has 1 heterocycles.